The minimum Gasteiger partial charge on any atom is -0.486 e. The van der Waals surface area contributed by atoms with Crippen LogP contribution in [0, 0.1) is 5.82 Å². The molecule has 5 heteroatoms. The molecule has 1 heterocycles. The molecule has 0 saturated carbocycles. The van der Waals surface area contributed by atoms with Gasteiger partial charge in [-0.05, 0) is 39.0 Å². The van der Waals surface area contributed by atoms with Crippen LogP contribution in [-0.4, -0.2) is 5.54 Å². The Labute approximate surface area is 129 Å². The van der Waals surface area contributed by atoms with Crippen molar-refractivity contribution in [1.82, 2.24) is 5.32 Å². The van der Waals surface area contributed by atoms with Crippen molar-refractivity contribution in [3.63, 3.8) is 0 Å². The first-order chi connectivity index (χ1) is 9.87. The molecule has 0 saturated heterocycles. The highest BCUT2D eigenvalue weighted by Gasteiger charge is 2.14. The van der Waals surface area contributed by atoms with E-state index in [1.165, 1.54) is 6.07 Å². The lowest BCUT2D eigenvalue weighted by atomic mass is 10.1. The Morgan fingerprint density at radius 2 is 2.05 bits per heavy atom. The third kappa shape index (κ3) is 4.48. The number of ether oxygens (including phenoxy) is 1. The fourth-order valence-corrected chi connectivity index (χ4v) is 1.91. The number of halogens is 2. The SMILES string of the molecule is CC(C)(C)NCc1occc1COc1cccc(Cl)c1F. The maximum absolute atomic E-state index is 13.7. The molecule has 0 unspecified atom stereocenters. The molecule has 0 bridgehead atoms. The highest BCUT2D eigenvalue weighted by molar-refractivity contribution is 6.30. The van der Waals surface area contributed by atoms with Crippen molar-refractivity contribution in [3.05, 3.63) is 52.7 Å². The number of hydrogen-bond acceptors (Lipinski definition) is 3. The normalized spacial score (nSPS) is 11.7. The van der Waals surface area contributed by atoms with E-state index in [1.54, 1.807) is 18.4 Å². The van der Waals surface area contributed by atoms with E-state index in [0.717, 1.165) is 11.3 Å². The third-order valence-corrected chi connectivity index (χ3v) is 3.21. The van der Waals surface area contributed by atoms with Crippen LogP contribution < -0.4 is 10.1 Å². The molecule has 0 amide bonds. The maximum atomic E-state index is 13.7. The van der Waals surface area contributed by atoms with E-state index >= 15 is 0 Å². The largest absolute Gasteiger partial charge is 0.486 e. The van der Waals surface area contributed by atoms with Gasteiger partial charge in [0, 0.05) is 11.1 Å². The molecule has 0 aliphatic carbocycles. The first kappa shape index (κ1) is 15.9. The third-order valence-electron chi connectivity index (χ3n) is 2.92. The molecule has 1 N–H and O–H groups in total. The number of rotatable bonds is 5. The molecular weight excluding hydrogens is 293 g/mol. The van der Waals surface area contributed by atoms with Crippen molar-refractivity contribution in [1.29, 1.82) is 0 Å². The zero-order chi connectivity index (χ0) is 15.5. The Bertz CT molecular complexity index is 605. The van der Waals surface area contributed by atoms with E-state index in [-0.39, 0.29) is 22.9 Å². The second kappa shape index (κ2) is 6.50. The van der Waals surface area contributed by atoms with E-state index in [2.05, 4.69) is 26.1 Å². The molecule has 0 aliphatic rings. The van der Waals surface area contributed by atoms with Crippen LogP contribution in [0.15, 0.2) is 34.9 Å². The van der Waals surface area contributed by atoms with Crippen LogP contribution in [0.4, 0.5) is 4.39 Å². The van der Waals surface area contributed by atoms with Crippen LogP contribution in [0.5, 0.6) is 5.75 Å². The molecule has 3 nitrogen and oxygen atoms in total. The average Bonchev–Trinajstić information content (AvgIpc) is 2.85. The van der Waals surface area contributed by atoms with Crippen LogP contribution in [0.2, 0.25) is 5.02 Å². The Balaban J connectivity index is 2.01. The summed E-state index contributed by atoms with van der Waals surface area (Å²) in [6.45, 7) is 7.05. The lowest BCUT2D eigenvalue weighted by Gasteiger charge is -2.20. The number of nitrogens with one attached hydrogen (secondary N) is 1. The van der Waals surface area contributed by atoms with Gasteiger partial charge < -0.3 is 14.5 Å². The molecule has 2 rings (SSSR count). The van der Waals surface area contributed by atoms with Crippen LogP contribution in [-0.2, 0) is 13.2 Å². The van der Waals surface area contributed by atoms with E-state index in [0.29, 0.717) is 6.54 Å². The van der Waals surface area contributed by atoms with E-state index < -0.39 is 5.82 Å². The van der Waals surface area contributed by atoms with Gasteiger partial charge in [0.2, 0.25) is 0 Å². The first-order valence-corrected chi connectivity index (χ1v) is 7.12. The summed E-state index contributed by atoms with van der Waals surface area (Å²) in [5, 5.41) is 3.39. The summed E-state index contributed by atoms with van der Waals surface area (Å²) < 4.78 is 24.7. The Morgan fingerprint density at radius 3 is 2.76 bits per heavy atom. The van der Waals surface area contributed by atoms with Crippen molar-refractivity contribution in [3.8, 4) is 5.75 Å². The van der Waals surface area contributed by atoms with Crippen LogP contribution in [0.1, 0.15) is 32.1 Å². The average molecular weight is 312 g/mol. The summed E-state index contributed by atoms with van der Waals surface area (Å²) in [6, 6.07) is 6.51. The van der Waals surface area contributed by atoms with Gasteiger partial charge in [0.05, 0.1) is 17.8 Å². The second-order valence-corrected chi connectivity index (χ2v) is 6.22. The minimum atomic E-state index is -0.544. The van der Waals surface area contributed by atoms with Crippen molar-refractivity contribution in [2.75, 3.05) is 0 Å². The zero-order valence-corrected chi connectivity index (χ0v) is 13.1. The molecule has 1 aromatic heterocycles. The molecular formula is C16H19ClFNO2. The molecule has 0 radical (unpaired) electrons. The van der Waals surface area contributed by atoms with Gasteiger partial charge in [-0.2, -0.15) is 0 Å². The molecule has 0 fully saturated rings. The van der Waals surface area contributed by atoms with E-state index in [9.17, 15) is 4.39 Å². The van der Waals surface area contributed by atoms with Gasteiger partial charge in [0.25, 0.3) is 0 Å². The van der Waals surface area contributed by atoms with Crippen molar-refractivity contribution in [2.45, 2.75) is 39.5 Å². The smallest absolute Gasteiger partial charge is 0.183 e. The number of furan rings is 1. The molecule has 21 heavy (non-hydrogen) atoms. The van der Waals surface area contributed by atoms with Crippen LogP contribution in [0.3, 0.4) is 0 Å². The van der Waals surface area contributed by atoms with Crippen LogP contribution in [0.25, 0.3) is 0 Å². The molecule has 2 aromatic rings. The molecule has 0 aliphatic heterocycles. The van der Waals surface area contributed by atoms with Gasteiger partial charge in [0.1, 0.15) is 12.4 Å². The summed E-state index contributed by atoms with van der Waals surface area (Å²) >= 11 is 5.72. The first-order valence-electron chi connectivity index (χ1n) is 6.74. The highest BCUT2D eigenvalue weighted by Crippen LogP contribution is 2.25. The van der Waals surface area contributed by atoms with Crippen LogP contribution >= 0.6 is 11.6 Å². The molecule has 0 spiro atoms. The Kier molecular flexibility index (Phi) is 4.91. The van der Waals surface area contributed by atoms with Gasteiger partial charge in [-0.3, -0.25) is 0 Å². The lowest BCUT2D eigenvalue weighted by molar-refractivity contribution is 0.284. The standard InChI is InChI=1S/C16H19ClFNO2/c1-16(2,3)19-9-14-11(7-8-20-14)10-21-13-6-4-5-12(17)15(13)18/h4-8,19H,9-10H2,1-3H3. The van der Waals surface area contributed by atoms with Gasteiger partial charge in [0.15, 0.2) is 11.6 Å². The Hall–Kier alpha value is -1.52. The van der Waals surface area contributed by atoms with Crippen molar-refractivity contribution in [2.24, 2.45) is 0 Å². The predicted octanol–water partition coefficient (Wildman–Crippen LogP) is 4.54. The molecule has 1 aromatic carbocycles. The quantitative estimate of drug-likeness (QED) is 0.880. The fraction of sp³-hybridized carbons (Fsp3) is 0.375. The summed E-state index contributed by atoms with van der Waals surface area (Å²) in [6.07, 6.45) is 1.60. The van der Waals surface area contributed by atoms with E-state index in [4.69, 9.17) is 20.8 Å². The second-order valence-electron chi connectivity index (χ2n) is 5.81. The predicted molar refractivity (Wildman–Crippen MR) is 81.0 cm³/mol. The van der Waals surface area contributed by atoms with Crippen molar-refractivity contribution >= 4 is 11.6 Å². The minimum absolute atomic E-state index is 0.00994. The van der Waals surface area contributed by atoms with Gasteiger partial charge >= 0.3 is 0 Å². The van der Waals surface area contributed by atoms with E-state index in [1.807, 2.05) is 6.07 Å². The zero-order valence-electron chi connectivity index (χ0n) is 12.4. The number of benzene rings is 1. The topological polar surface area (TPSA) is 34.4 Å². The molecule has 114 valence electrons. The summed E-state index contributed by atoms with van der Waals surface area (Å²) in [4.78, 5) is 0. The highest BCUT2D eigenvalue weighted by atomic mass is 35.5. The summed E-state index contributed by atoms with van der Waals surface area (Å²) in [7, 11) is 0. The van der Waals surface area contributed by atoms with Gasteiger partial charge in [-0.15, -0.1) is 0 Å². The molecule has 0 atom stereocenters. The van der Waals surface area contributed by atoms with Gasteiger partial charge in [-0.1, -0.05) is 17.7 Å². The summed E-state index contributed by atoms with van der Waals surface area (Å²) in [5.41, 5.74) is 0.871. The van der Waals surface area contributed by atoms with Crippen molar-refractivity contribution < 1.29 is 13.5 Å². The summed E-state index contributed by atoms with van der Waals surface area (Å²) in [5.74, 6) is 0.378. The Morgan fingerprint density at radius 1 is 1.29 bits per heavy atom. The van der Waals surface area contributed by atoms with Gasteiger partial charge in [-0.25, -0.2) is 4.39 Å². The number of hydrogen-bond donors (Lipinski definition) is 1. The monoisotopic (exact) mass is 311 g/mol. The maximum Gasteiger partial charge on any atom is 0.183 e. The fourth-order valence-electron chi connectivity index (χ4n) is 1.75. The lowest BCUT2D eigenvalue weighted by Crippen LogP contribution is -2.35.